The molecule has 1 fully saturated rings. The largest absolute Gasteiger partial charge is 0.493 e. The second-order valence-corrected chi connectivity index (χ2v) is 7.85. The molecule has 1 aromatic carbocycles. The molecule has 1 aliphatic heterocycles. The van der Waals surface area contributed by atoms with E-state index in [1.165, 1.54) is 35.9 Å². The molecule has 0 aliphatic carbocycles. The first-order chi connectivity index (χ1) is 10.4. The molecule has 0 saturated carbocycles. The molecular weight excluding hydrogens is 272 g/mol. The second kappa shape index (κ2) is 5.96. The van der Waals surface area contributed by atoms with E-state index in [0.29, 0.717) is 6.04 Å². The van der Waals surface area contributed by atoms with Gasteiger partial charge in [-0.25, -0.2) is 0 Å². The highest BCUT2D eigenvalue weighted by Gasteiger charge is 2.22. The molecule has 3 heteroatoms. The Morgan fingerprint density at radius 3 is 2.82 bits per heavy atom. The number of fused-ring (bicyclic) bond motifs is 1. The van der Waals surface area contributed by atoms with Crippen molar-refractivity contribution in [1.82, 2.24) is 9.88 Å². The molecule has 22 heavy (non-hydrogen) atoms. The number of hydrogen-bond acceptors (Lipinski definition) is 2. The van der Waals surface area contributed by atoms with E-state index in [-0.39, 0.29) is 5.41 Å². The minimum Gasteiger partial charge on any atom is -0.493 e. The first-order valence-corrected chi connectivity index (χ1v) is 8.35. The van der Waals surface area contributed by atoms with Crippen LogP contribution in [0.4, 0.5) is 0 Å². The average Bonchev–Trinajstić information content (AvgIpc) is 3.04. The number of aromatic amines is 1. The standard InChI is InChI=1S/C19H28N2O/c1-19(2,3)13-22-16-7-8-18-17(11-16)14(12-20-18)10-15-6-5-9-21(15)4/h7-8,11-12,15,20H,5-6,9-10,13H2,1-4H3/t15-/m1/s1. The van der Waals surface area contributed by atoms with Crippen LogP contribution in [0.5, 0.6) is 5.75 Å². The summed E-state index contributed by atoms with van der Waals surface area (Å²) in [5.41, 5.74) is 2.80. The van der Waals surface area contributed by atoms with Crippen LogP contribution in [-0.4, -0.2) is 36.1 Å². The van der Waals surface area contributed by atoms with Crippen molar-refractivity contribution in [3.63, 3.8) is 0 Å². The summed E-state index contributed by atoms with van der Waals surface area (Å²) in [5.74, 6) is 0.975. The summed E-state index contributed by atoms with van der Waals surface area (Å²) in [7, 11) is 2.24. The highest BCUT2D eigenvalue weighted by molar-refractivity contribution is 5.84. The van der Waals surface area contributed by atoms with Crippen LogP contribution in [0.25, 0.3) is 10.9 Å². The summed E-state index contributed by atoms with van der Waals surface area (Å²) in [4.78, 5) is 5.89. The van der Waals surface area contributed by atoms with Crippen LogP contribution < -0.4 is 4.74 Å². The molecule has 1 aromatic heterocycles. The number of nitrogens with zero attached hydrogens (tertiary/aromatic N) is 1. The molecule has 1 aliphatic rings. The zero-order valence-electron chi connectivity index (χ0n) is 14.3. The number of aromatic nitrogens is 1. The lowest BCUT2D eigenvalue weighted by atomic mass is 9.98. The third-order valence-corrected chi connectivity index (χ3v) is 4.54. The fraction of sp³-hybridized carbons (Fsp3) is 0.579. The van der Waals surface area contributed by atoms with Crippen molar-refractivity contribution in [3.05, 3.63) is 30.0 Å². The highest BCUT2D eigenvalue weighted by atomic mass is 16.5. The predicted octanol–water partition coefficient (Wildman–Crippen LogP) is 4.23. The SMILES string of the molecule is CN1CCC[C@@H]1Cc1c[nH]c2ccc(OCC(C)(C)C)cc12. The van der Waals surface area contributed by atoms with Crippen LogP contribution in [-0.2, 0) is 6.42 Å². The van der Waals surface area contributed by atoms with E-state index in [1.807, 2.05) is 0 Å². The summed E-state index contributed by atoms with van der Waals surface area (Å²) in [5, 5.41) is 1.31. The normalized spacial score (nSPS) is 19.9. The third kappa shape index (κ3) is 3.46. The number of rotatable bonds is 4. The smallest absolute Gasteiger partial charge is 0.120 e. The van der Waals surface area contributed by atoms with Gasteiger partial charge >= 0.3 is 0 Å². The average molecular weight is 300 g/mol. The van der Waals surface area contributed by atoms with Gasteiger partial charge in [-0.2, -0.15) is 0 Å². The van der Waals surface area contributed by atoms with Crippen molar-refractivity contribution >= 4 is 10.9 Å². The van der Waals surface area contributed by atoms with Crippen LogP contribution in [0.2, 0.25) is 0 Å². The lowest BCUT2D eigenvalue weighted by molar-refractivity contribution is 0.198. The van der Waals surface area contributed by atoms with Crippen molar-refractivity contribution in [2.24, 2.45) is 5.41 Å². The van der Waals surface area contributed by atoms with Crippen LogP contribution in [0.1, 0.15) is 39.2 Å². The topological polar surface area (TPSA) is 28.3 Å². The van der Waals surface area contributed by atoms with Gasteiger partial charge in [-0.3, -0.25) is 0 Å². The van der Waals surface area contributed by atoms with E-state index in [1.54, 1.807) is 0 Å². The van der Waals surface area contributed by atoms with Crippen molar-refractivity contribution < 1.29 is 4.74 Å². The number of hydrogen-bond donors (Lipinski definition) is 1. The fourth-order valence-electron chi connectivity index (χ4n) is 3.21. The molecule has 3 nitrogen and oxygen atoms in total. The number of likely N-dealkylation sites (N-methyl/N-ethyl adjacent to an activating group) is 1. The van der Waals surface area contributed by atoms with Gasteiger partial charge in [0.15, 0.2) is 0 Å². The molecule has 120 valence electrons. The van der Waals surface area contributed by atoms with Crippen LogP contribution in [0, 0.1) is 5.41 Å². The number of likely N-dealkylation sites (tertiary alicyclic amines) is 1. The zero-order chi connectivity index (χ0) is 15.7. The van der Waals surface area contributed by atoms with E-state index >= 15 is 0 Å². The number of ether oxygens (including phenoxy) is 1. The Bertz CT molecular complexity index is 638. The summed E-state index contributed by atoms with van der Waals surface area (Å²) in [6.45, 7) is 8.56. The van der Waals surface area contributed by atoms with Gasteiger partial charge in [0.25, 0.3) is 0 Å². The molecule has 0 spiro atoms. The molecule has 0 unspecified atom stereocenters. The number of H-pyrrole nitrogens is 1. The lowest BCUT2D eigenvalue weighted by Gasteiger charge is -2.20. The number of nitrogens with one attached hydrogen (secondary N) is 1. The Hall–Kier alpha value is -1.48. The van der Waals surface area contributed by atoms with Gasteiger partial charge in [0.1, 0.15) is 5.75 Å². The van der Waals surface area contributed by atoms with Crippen molar-refractivity contribution in [1.29, 1.82) is 0 Å². The molecule has 1 atom stereocenters. The zero-order valence-corrected chi connectivity index (χ0v) is 14.3. The Balaban J connectivity index is 1.79. The van der Waals surface area contributed by atoms with E-state index < -0.39 is 0 Å². The Labute approximate surface area is 133 Å². The van der Waals surface area contributed by atoms with Crippen LogP contribution in [0.3, 0.4) is 0 Å². The van der Waals surface area contributed by atoms with Crippen molar-refractivity contribution in [2.45, 2.75) is 46.1 Å². The van der Waals surface area contributed by atoms with Gasteiger partial charge < -0.3 is 14.6 Å². The minimum absolute atomic E-state index is 0.183. The lowest BCUT2D eigenvalue weighted by Crippen LogP contribution is -2.26. The summed E-state index contributed by atoms with van der Waals surface area (Å²) in [6.07, 6.45) is 5.93. The molecule has 3 rings (SSSR count). The van der Waals surface area contributed by atoms with Gasteiger partial charge in [0, 0.05) is 23.1 Å². The maximum Gasteiger partial charge on any atom is 0.120 e. The highest BCUT2D eigenvalue weighted by Crippen LogP contribution is 2.28. The Kier molecular flexibility index (Phi) is 4.18. The molecule has 1 N–H and O–H groups in total. The van der Waals surface area contributed by atoms with Gasteiger partial charge in [-0.05, 0) is 62.0 Å². The van der Waals surface area contributed by atoms with E-state index in [4.69, 9.17) is 4.74 Å². The van der Waals surface area contributed by atoms with Crippen molar-refractivity contribution in [2.75, 3.05) is 20.2 Å². The monoisotopic (exact) mass is 300 g/mol. The Morgan fingerprint density at radius 2 is 2.14 bits per heavy atom. The maximum atomic E-state index is 5.97. The summed E-state index contributed by atoms with van der Waals surface area (Å²) in [6, 6.07) is 7.07. The molecule has 0 amide bonds. The molecule has 0 radical (unpaired) electrons. The van der Waals surface area contributed by atoms with Crippen LogP contribution in [0.15, 0.2) is 24.4 Å². The van der Waals surface area contributed by atoms with E-state index in [0.717, 1.165) is 18.8 Å². The predicted molar refractivity (Wildman–Crippen MR) is 92.6 cm³/mol. The van der Waals surface area contributed by atoms with E-state index in [2.05, 4.69) is 62.1 Å². The summed E-state index contributed by atoms with van der Waals surface area (Å²) < 4.78 is 5.97. The molecule has 2 aromatic rings. The maximum absolute atomic E-state index is 5.97. The second-order valence-electron chi connectivity index (χ2n) is 7.85. The fourth-order valence-corrected chi connectivity index (χ4v) is 3.21. The van der Waals surface area contributed by atoms with E-state index in [9.17, 15) is 0 Å². The molecule has 0 bridgehead atoms. The molecule has 2 heterocycles. The minimum atomic E-state index is 0.183. The first-order valence-electron chi connectivity index (χ1n) is 8.35. The molecular formula is C19H28N2O. The van der Waals surface area contributed by atoms with Gasteiger partial charge in [0.05, 0.1) is 6.61 Å². The van der Waals surface area contributed by atoms with Gasteiger partial charge in [0.2, 0.25) is 0 Å². The third-order valence-electron chi connectivity index (χ3n) is 4.54. The Morgan fingerprint density at radius 1 is 1.32 bits per heavy atom. The number of benzene rings is 1. The summed E-state index contributed by atoms with van der Waals surface area (Å²) >= 11 is 0. The first kappa shape index (κ1) is 15.4. The van der Waals surface area contributed by atoms with Crippen molar-refractivity contribution in [3.8, 4) is 5.75 Å². The quantitative estimate of drug-likeness (QED) is 0.915. The van der Waals surface area contributed by atoms with Crippen LogP contribution >= 0.6 is 0 Å². The van der Waals surface area contributed by atoms with Gasteiger partial charge in [-0.15, -0.1) is 0 Å². The molecule has 1 saturated heterocycles. The van der Waals surface area contributed by atoms with Gasteiger partial charge in [-0.1, -0.05) is 20.8 Å².